The summed E-state index contributed by atoms with van der Waals surface area (Å²) in [5, 5.41) is 0. The minimum atomic E-state index is -0.305. The predicted octanol–water partition coefficient (Wildman–Crippen LogP) is 15.4. The zero-order valence-corrected chi connectivity index (χ0v) is 53.1. The second-order valence-corrected chi connectivity index (χ2v) is 23.4. The Morgan fingerprint density at radius 2 is 0.678 bits per heavy atom. The number of allylic oxidation sites excluding steroid dienone is 10. The van der Waals surface area contributed by atoms with Gasteiger partial charge in [-0.25, -0.2) is 19.9 Å². The number of ether oxygens (including phenoxy) is 4. The van der Waals surface area contributed by atoms with Crippen molar-refractivity contribution >= 4 is 125 Å². The van der Waals surface area contributed by atoms with Gasteiger partial charge in [0.15, 0.2) is 0 Å². The van der Waals surface area contributed by atoms with Gasteiger partial charge < -0.3 is 38.9 Å². The number of carbonyl (C=O) groups excluding carboxylic acids is 4. The van der Waals surface area contributed by atoms with Crippen molar-refractivity contribution in [2.75, 3.05) is 28.4 Å². The van der Waals surface area contributed by atoms with E-state index < -0.39 is 0 Å². The number of aromatic amines is 4. The van der Waals surface area contributed by atoms with Gasteiger partial charge >= 0.3 is 23.9 Å². The van der Waals surface area contributed by atoms with E-state index in [0.29, 0.717) is 25.7 Å². The van der Waals surface area contributed by atoms with Gasteiger partial charge in [0.05, 0.1) is 74.0 Å². The molecule has 4 aliphatic heterocycles. The lowest BCUT2D eigenvalue weighted by atomic mass is 10.0. The van der Waals surface area contributed by atoms with Crippen molar-refractivity contribution in [2.45, 2.75) is 107 Å². The maximum atomic E-state index is 12.6. The number of H-pyrrole nitrogens is 4. The van der Waals surface area contributed by atoms with E-state index in [1.807, 2.05) is 26.0 Å². The Morgan fingerprint density at radius 3 is 1.04 bits per heavy atom. The van der Waals surface area contributed by atoms with Crippen LogP contribution in [0, 0.1) is 27.7 Å². The fraction of sp³-hybridized carbons (Fsp3) is 0.270. The standard InChI is InChI=1S/C74H74N8O8/c1-39-29-49-31-59-41(3)51(65(77-59)35-63-45(7)55(23-27-73(85)89-11)69(81-63)37-67-53(21-25-71(83)87-9)43(5)61(79-67)33-57(39)75-49)19-17-47-13-15-48(16-14-47)18-20-52-42(4)60-32-50-30-40(2)58(76-50)34-62-44(6)54(22-26-72(84)88-10)68(80-62)38-70-56(24-28-74(86)90-12)46(8)64(82-70)36-66(52)78-60/h13-20,29-38,75-76,81-82H,21-28H2,1-12H3/b19-17+,20-18+,49-31?,50-32?,57-33?,58-34?,59-31?,60-32?,61-33?,62-34?,63-35?,64-36?,65-35?,66-36?,67-37?,68-38?,69-37?,70-38?. The fourth-order valence-corrected chi connectivity index (χ4v) is 12.2. The van der Waals surface area contributed by atoms with Crippen LogP contribution in [0.3, 0.4) is 0 Å². The van der Waals surface area contributed by atoms with Crippen LogP contribution < -0.4 is 0 Å². The van der Waals surface area contributed by atoms with E-state index in [4.69, 9.17) is 38.9 Å². The molecule has 458 valence electrons. The summed E-state index contributed by atoms with van der Waals surface area (Å²) in [7, 11) is 5.60. The number of aromatic nitrogens is 8. The van der Waals surface area contributed by atoms with E-state index >= 15 is 0 Å². The molecule has 16 bridgehead atoms. The molecule has 16 heteroatoms. The molecule has 4 N–H and O–H groups in total. The Balaban J connectivity index is 0.964. The highest BCUT2D eigenvalue weighted by atomic mass is 16.5. The summed E-state index contributed by atoms with van der Waals surface area (Å²) >= 11 is 0. The number of rotatable bonds is 16. The minimum absolute atomic E-state index is 0.189. The van der Waals surface area contributed by atoms with Crippen LogP contribution in [-0.4, -0.2) is 92.2 Å². The number of hydrogen-bond donors (Lipinski definition) is 4. The van der Waals surface area contributed by atoms with Crippen LogP contribution in [0.1, 0.15) is 156 Å². The zero-order chi connectivity index (χ0) is 63.7. The number of carbonyl (C=O) groups is 4. The summed E-state index contributed by atoms with van der Waals surface area (Å²) in [4.78, 5) is 85.7. The van der Waals surface area contributed by atoms with Gasteiger partial charge in [0.2, 0.25) is 0 Å². The van der Waals surface area contributed by atoms with Gasteiger partial charge in [0.25, 0.3) is 0 Å². The Kier molecular flexibility index (Phi) is 17.6. The molecule has 0 saturated heterocycles. The zero-order valence-electron chi connectivity index (χ0n) is 53.1. The quantitative estimate of drug-likeness (QED) is 0.0524. The molecule has 0 spiro atoms. The van der Waals surface area contributed by atoms with Crippen molar-refractivity contribution in [3.63, 3.8) is 0 Å². The number of nitrogens with zero attached hydrogens (tertiary/aromatic N) is 4. The minimum Gasteiger partial charge on any atom is -0.469 e. The average molecular weight is 1200 g/mol. The smallest absolute Gasteiger partial charge is 0.305 e. The highest BCUT2D eigenvalue weighted by molar-refractivity contribution is 6.01. The van der Waals surface area contributed by atoms with Gasteiger partial charge in [-0.3, -0.25) is 19.2 Å². The molecule has 4 aliphatic rings. The van der Waals surface area contributed by atoms with Crippen LogP contribution in [0.5, 0.6) is 0 Å². The maximum Gasteiger partial charge on any atom is 0.305 e. The van der Waals surface area contributed by atoms with Crippen LogP contribution in [0.4, 0.5) is 0 Å². The predicted molar refractivity (Wildman–Crippen MR) is 359 cm³/mol. The summed E-state index contributed by atoms with van der Waals surface area (Å²) in [6.07, 6.45) is 11.0. The van der Waals surface area contributed by atoms with E-state index in [2.05, 4.69) is 159 Å². The topological polar surface area (TPSA) is 220 Å². The third-order valence-electron chi connectivity index (χ3n) is 17.8. The third kappa shape index (κ3) is 12.7. The van der Waals surface area contributed by atoms with Crippen molar-refractivity contribution in [1.29, 1.82) is 0 Å². The first-order chi connectivity index (χ1) is 43.3. The second-order valence-electron chi connectivity index (χ2n) is 23.4. The molecule has 10 heterocycles. The number of aryl methyl sites for hydroxylation is 6. The van der Waals surface area contributed by atoms with E-state index in [1.54, 1.807) is 0 Å². The molecule has 90 heavy (non-hydrogen) atoms. The first-order valence-electron chi connectivity index (χ1n) is 30.3. The molecule has 6 aromatic heterocycles. The van der Waals surface area contributed by atoms with Gasteiger partial charge in [0, 0.05) is 81.0 Å². The Morgan fingerprint density at radius 1 is 0.356 bits per heavy atom. The lowest BCUT2D eigenvalue weighted by Crippen LogP contribution is -2.02. The lowest BCUT2D eigenvalue weighted by molar-refractivity contribution is -0.141. The molecular weight excluding hydrogens is 1130 g/mol. The van der Waals surface area contributed by atoms with Gasteiger partial charge in [-0.2, -0.15) is 0 Å². The van der Waals surface area contributed by atoms with Crippen molar-refractivity contribution in [3.05, 3.63) is 187 Å². The molecule has 11 rings (SSSR count). The number of esters is 4. The molecule has 0 amide bonds. The van der Waals surface area contributed by atoms with Crippen LogP contribution in [-0.2, 0) is 51.0 Å². The highest BCUT2D eigenvalue weighted by Crippen LogP contribution is 2.39. The fourth-order valence-electron chi connectivity index (χ4n) is 12.2. The number of nitrogens with one attached hydrogen (secondary N) is 4. The van der Waals surface area contributed by atoms with Crippen LogP contribution in [0.25, 0.3) is 101 Å². The molecule has 1 aromatic carbocycles. The first kappa shape index (κ1) is 61.4. The van der Waals surface area contributed by atoms with Crippen molar-refractivity contribution in [2.24, 2.45) is 0 Å². The highest BCUT2D eigenvalue weighted by Gasteiger charge is 2.24. The van der Waals surface area contributed by atoms with Gasteiger partial charge in [-0.15, -0.1) is 0 Å². The van der Waals surface area contributed by atoms with Gasteiger partial charge in [0.1, 0.15) is 0 Å². The number of hydrogen-bond acceptors (Lipinski definition) is 12. The molecule has 0 fully saturated rings. The monoisotopic (exact) mass is 1200 g/mol. The Bertz CT molecular complexity index is 4410. The van der Waals surface area contributed by atoms with Crippen molar-refractivity contribution < 1.29 is 38.1 Å². The second kappa shape index (κ2) is 25.9. The van der Waals surface area contributed by atoms with E-state index in [-0.39, 0.29) is 49.6 Å². The first-order valence-corrected chi connectivity index (χ1v) is 30.3. The van der Waals surface area contributed by atoms with Crippen molar-refractivity contribution in [3.8, 4) is 0 Å². The van der Waals surface area contributed by atoms with Gasteiger partial charge in [-0.05, 0) is 220 Å². The Labute approximate surface area is 522 Å². The molecule has 0 atom stereocenters. The third-order valence-corrected chi connectivity index (χ3v) is 17.8. The van der Waals surface area contributed by atoms with Crippen LogP contribution >= 0.6 is 0 Å². The average Bonchev–Trinajstić information content (AvgIpc) is 2.03. The summed E-state index contributed by atoms with van der Waals surface area (Å²) in [6, 6.07) is 29.1. The van der Waals surface area contributed by atoms with E-state index in [0.717, 1.165) is 179 Å². The normalized spacial score (nSPS) is 13.4. The number of benzene rings is 1. The summed E-state index contributed by atoms with van der Waals surface area (Å²) in [5.74, 6) is -1.21. The van der Waals surface area contributed by atoms with Gasteiger partial charge in [-0.1, -0.05) is 48.6 Å². The molecule has 7 aromatic rings. The SMILES string of the molecule is COC(=O)CCC1=C(C)c2cc3[nH]c(cc4nc(cc5[nH]c(cc1n2)c(CCC(=O)OC)c5C)C(/C=C/c1ccc(/C=C/C2=C(C)c5cc6cc(C)c(cc7nc(cc8[nH]c(cc2n5)c(C)c8CCC(=O)OC)C(CCC(=O)OC)=C7C)[nH]6)cc1)=C4C)cc3C. The molecular formula is C74H74N8O8. The summed E-state index contributed by atoms with van der Waals surface area (Å²) in [5.41, 5.74) is 29.0. The maximum absolute atomic E-state index is 12.6. The van der Waals surface area contributed by atoms with Crippen molar-refractivity contribution in [1.82, 2.24) is 39.9 Å². The molecule has 0 saturated carbocycles. The van der Waals surface area contributed by atoms with Crippen LogP contribution in [0.2, 0.25) is 0 Å². The van der Waals surface area contributed by atoms with E-state index in [9.17, 15) is 19.2 Å². The molecule has 0 unspecified atom stereocenters. The Hall–Kier alpha value is -10.2. The van der Waals surface area contributed by atoms with E-state index in [1.165, 1.54) is 28.4 Å². The molecule has 16 nitrogen and oxygen atoms in total. The largest absolute Gasteiger partial charge is 0.469 e. The summed E-state index contributed by atoms with van der Waals surface area (Å²) < 4.78 is 20.3. The lowest BCUT2D eigenvalue weighted by Gasteiger charge is -2.04. The molecule has 0 radical (unpaired) electrons. The molecule has 0 aliphatic carbocycles. The number of methoxy groups -OCH3 is 4. The number of fused-ring (bicyclic) bond motifs is 16. The van der Waals surface area contributed by atoms with Crippen LogP contribution in [0.15, 0.2) is 97.1 Å². The summed E-state index contributed by atoms with van der Waals surface area (Å²) in [6.45, 7) is 16.5.